The van der Waals surface area contributed by atoms with Crippen LogP contribution in [-0.4, -0.2) is 11.1 Å². The Kier molecular flexibility index (Phi) is 4.93. The quantitative estimate of drug-likeness (QED) is 0.650. The SMILES string of the molecule is Cc1oc(C(=O)O)cc1CNc1c(Br)cc(Br)cc1Br. The molecule has 2 N–H and O–H groups in total. The van der Waals surface area contributed by atoms with Gasteiger partial charge in [-0.15, -0.1) is 0 Å². The molecule has 0 unspecified atom stereocenters. The molecule has 0 fully saturated rings. The first kappa shape index (κ1) is 15.6. The summed E-state index contributed by atoms with van der Waals surface area (Å²) in [6.45, 7) is 2.22. The van der Waals surface area contributed by atoms with Crippen LogP contribution in [0, 0.1) is 6.92 Å². The van der Waals surface area contributed by atoms with Crippen LogP contribution in [0.3, 0.4) is 0 Å². The zero-order chi connectivity index (χ0) is 14.9. The molecule has 1 heterocycles. The average molecular weight is 468 g/mol. The van der Waals surface area contributed by atoms with E-state index in [-0.39, 0.29) is 5.76 Å². The molecule has 1 aromatic heterocycles. The average Bonchev–Trinajstić information content (AvgIpc) is 2.70. The van der Waals surface area contributed by atoms with Crippen molar-refractivity contribution in [3.63, 3.8) is 0 Å². The second-order valence-electron chi connectivity index (χ2n) is 4.10. The summed E-state index contributed by atoms with van der Waals surface area (Å²) in [6.07, 6.45) is 0. The summed E-state index contributed by atoms with van der Waals surface area (Å²) in [5.74, 6) is -0.516. The van der Waals surface area contributed by atoms with Crippen molar-refractivity contribution >= 4 is 59.4 Å². The number of benzene rings is 1. The lowest BCUT2D eigenvalue weighted by atomic mass is 10.2. The van der Waals surface area contributed by atoms with E-state index in [1.54, 1.807) is 6.92 Å². The minimum absolute atomic E-state index is 0.0479. The van der Waals surface area contributed by atoms with E-state index < -0.39 is 5.97 Å². The van der Waals surface area contributed by atoms with Gasteiger partial charge in [0.1, 0.15) is 5.76 Å². The Labute approximate surface area is 140 Å². The van der Waals surface area contributed by atoms with Crippen LogP contribution in [-0.2, 0) is 6.54 Å². The standard InChI is InChI=1S/C13H10Br3NO3/c1-6-7(2-11(20-6)13(18)19)5-17-12-9(15)3-8(14)4-10(12)16/h2-4,17H,5H2,1H3,(H,18,19). The van der Waals surface area contributed by atoms with E-state index >= 15 is 0 Å². The largest absolute Gasteiger partial charge is 0.475 e. The highest BCUT2D eigenvalue weighted by Crippen LogP contribution is 2.34. The van der Waals surface area contributed by atoms with Crippen molar-refractivity contribution < 1.29 is 14.3 Å². The summed E-state index contributed by atoms with van der Waals surface area (Å²) in [6, 6.07) is 5.39. The molecule has 0 aliphatic rings. The lowest BCUT2D eigenvalue weighted by Gasteiger charge is -2.11. The van der Waals surface area contributed by atoms with Crippen LogP contribution < -0.4 is 5.32 Å². The first-order chi connectivity index (χ1) is 9.38. The number of anilines is 1. The van der Waals surface area contributed by atoms with Crippen LogP contribution in [0.2, 0.25) is 0 Å². The number of hydrogen-bond acceptors (Lipinski definition) is 3. The molecule has 0 amide bonds. The molecule has 0 aliphatic heterocycles. The van der Waals surface area contributed by atoms with Crippen molar-refractivity contribution in [2.45, 2.75) is 13.5 Å². The molecule has 0 bridgehead atoms. The summed E-state index contributed by atoms with van der Waals surface area (Å²) in [5, 5.41) is 12.1. The topological polar surface area (TPSA) is 62.5 Å². The maximum Gasteiger partial charge on any atom is 0.371 e. The number of aromatic carboxylic acids is 1. The minimum Gasteiger partial charge on any atom is -0.475 e. The van der Waals surface area contributed by atoms with E-state index in [0.29, 0.717) is 12.3 Å². The fraction of sp³-hybridized carbons (Fsp3) is 0.154. The summed E-state index contributed by atoms with van der Waals surface area (Å²) in [5.41, 5.74) is 1.70. The molecule has 2 aromatic rings. The molecule has 20 heavy (non-hydrogen) atoms. The predicted octanol–water partition coefficient (Wildman–Crippen LogP) is 5.19. The number of hydrogen-bond donors (Lipinski definition) is 2. The lowest BCUT2D eigenvalue weighted by molar-refractivity contribution is 0.0661. The Balaban J connectivity index is 2.19. The Bertz CT molecular complexity index is 644. The van der Waals surface area contributed by atoms with Gasteiger partial charge in [0.15, 0.2) is 0 Å². The number of furan rings is 1. The number of aryl methyl sites for hydroxylation is 1. The van der Waals surface area contributed by atoms with Gasteiger partial charge in [0.2, 0.25) is 5.76 Å². The Morgan fingerprint density at radius 3 is 2.35 bits per heavy atom. The molecule has 0 atom stereocenters. The third-order valence-electron chi connectivity index (χ3n) is 2.69. The van der Waals surface area contributed by atoms with Crippen LogP contribution in [0.5, 0.6) is 0 Å². The van der Waals surface area contributed by atoms with Crippen LogP contribution in [0.25, 0.3) is 0 Å². The van der Waals surface area contributed by atoms with Crippen molar-refractivity contribution in [1.82, 2.24) is 0 Å². The zero-order valence-corrected chi connectivity index (χ0v) is 15.1. The summed E-state index contributed by atoms with van der Waals surface area (Å²) < 4.78 is 7.93. The van der Waals surface area contributed by atoms with Gasteiger partial charge < -0.3 is 14.8 Å². The monoisotopic (exact) mass is 465 g/mol. The molecular formula is C13H10Br3NO3. The first-order valence-electron chi connectivity index (χ1n) is 5.59. The van der Waals surface area contributed by atoms with Gasteiger partial charge in [-0.3, -0.25) is 0 Å². The summed E-state index contributed by atoms with van der Waals surface area (Å²) in [7, 11) is 0. The molecule has 0 aliphatic carbocycles. The molecule has 4 nitrogen and oxygen atoms in total. The number of halogens is 3. The Morgan fingerprint density at radius 2 is 1.85 bits per heavy atom. The second kappa shape index (κ2) is 6.32. The van der Waals surface area contributed by atoms with E-state index in [1.165, 1.54) is 6.07 Å². The minimum atomic E-state index is -1.06. The van der Waals surface area contributed by atoms with Gasteiger partial charge in [-0.05, 0) is 57.0 Å². The van der Waals surface area contributed by atoms with Gasteiger partial charge in [0.05, 0.1) is 5.69 Å². The smallest absolute Gasteiger partial charge is 0.371 e. The van der Waals surface area contributed by atoms with Gasteiger partial charge in [-0.2, -0.15) is 0 Å². The second-order valence-corrected chi connectivity index (χ2v) is 6.72. The third kappa shape index (κ3) is 3.45. The number of carboxylic acid groups (broad SMARTS) is 1. The van der Waals surface area contributed by atoms with Gasteiger partial charge in [0.25, 0.3) is 0 Å². The molecule has 106 valence electrons. The van der Waals surface area contributed by atoms with Crippen molar-refractivity contribution in [1.29, 1.82) is 0 Å². The first-order valence-corrected chi connectivity index (χ1v) is 7.97. The van der Waals surface area contributed by atoms with Crippen LogP contribution in [0.4, 0.5) is 5.69 Å². The molecule has 0 saturated heterocycles. The van der Waals surface area contributed by atoms with E-state index in [2.05, 4.69) is 53.1 Å². The highest BCUT2D eigenvalue weighted by molar-refractivity contribution is 9.11. The van der Waals surface area contributed by atoms with E-state index in [0.717, 1.165) is 24.7 Å². The van der Waals surface area contributed by atoms with Gasteiger partial charge >= 0.3 is 5.97 Å². The zero-order valence-electron chi connectivity index (χ0n) is 10.3. The van der Waals surface area contributed by atoms with Gasteiger partial charge in [-0.1, -0.05) is 15.9 Å². The van der Waals surface area contributed by atoms with Crippen LogP contribution in [0.1, 0.15) is 21.9 Å². The van der Waals surface area contributed by atoms with Crippen molar-refractivity contribution in [3.05, 3.63) is 48.7 Å². The number of nitrogens with one attached hydrogen (secondary N) is 1. The molecule has 2 rings (SSSR count). The highest BCUT2D eigenvalue weighted by Gasteiger charge is 2.14. The Hall–Kier alpha value is -0.790. The summed E-state index contributed by atoms with van der Waals surface area (Å²) >= 11 is 10.4. The number of carbonyl (C=O) groups is 1. The fourth-order valence-corrected chi connectivity index (χ4v) is 4.23. The number of rotatable bonds is 4. The fourth-order valence-electron chi connectivity index (χ4n) is 1.70. The molecular weight excluding hydrogens is 458 g/mol. The maximum absolute atomic E-state index is 10.9. The van der Waals surface area contributed by atoms with Gasteiger partial charge in [0, 0.05) is 25.5 Å². The van der Waals surface area contributed by atoms with E-state index in [4.69, 9.17) is 9.52 Å². The number of carboxylic acids is 1. The van der Waals surface area contributed by atoms with E-state index in [9.17, 15) is 4.79 Å². The molecule has 0 spiro atoms. The van der Waals surface area contributed by atoms with Crippen molar-refractivity contribution in [2.24, 2.45) is 0 Å². The lowest BCUT2D eigenvalue weighted by Crippen LogP contribution is -2.01. The molecule has 1 aromatic carbocycles. The third-order valence-corrected chi connectivity index (χ3v) is 4.40. The summed E-state index contributed by atoms with van der Waals surface area (Å²) in [4.78, 5) is 10.9. The predicted molar refractivity (Wildman–Crippen MR) is 87.3 cm³/mol. The van der Waals surface area contributed by atoms with Crippen molar-refractivity contribution in [2.75, 3.05) is 5.32 Å². The van der Waals surface area contributed by atoms with Gasteiger partial charge in [-0.25, -0.2) is 4.79 Å². The Morgan fingerprint density at radius 1 is 1.25 bits per heavy atom. The molecule has 0 saturated carbocycles. The van der Waals surface area contributed by atoms with E-state index in [1.807, 2.05) is 12.1 Å². The maximum atomic E-state index is 10.9. The highest BCUT2D eigenvalue weighted by atomic mass is 79.9. The molecule has 7 heteroatoms. The van der Waals surface area contributed by atoms with Crippen molar-refractivity contribution in [3.8, 4) is 0 Å². The molecule has 0 radical (unpaired) electrons. The normalized spacial score (nSPS) is 10.6. The van der Waals surface area contributed by atoms with Crippen LogP contribution in [0.15, 0.2) is 36.0 Å². The van der Waals surface area contributed by atoms with Crippen LogP contribution >= 0.6 is 47.8 Å².